The molecule has 0 aromatic heterocycles. The van der Waals surface area contributed by atoms with E-state index in [-0.39, 0.29) is 23.6 Å². The van der Waals surface area contributed by atoms with E-state index in [1.807, 2.05) is 0 Å². The lowest BCUT2D eigenvalue weighted by molar-refractivity contribution is -0.129. The van der Waals surface area contributed by atoms with E-state index in [2.05, 4.69) is 24.2 Å². The lowest BCUT2D eigenvalue weighted by atomic mass is 9.93. The second kappa shape index (κ2) is 33.3. The molecule has 0 heterocycles. The van der Waals surface area contributed by atoms with Gasteiger partial charge in [0.25, 0.3) is 0 Å². The van der Waals surface area contributed by atoms with Crippen molar-refractivity contribution in [2.24, 2.45) is 22.4 Å². The zero-order chi connectivity index (χ0) is 31.6. The molecular weight excluding hydrogens is 532 g/mol. The molecule has 0 saturated carbocycles. The number of guanidine groups is 1. The molecule has 1 atom stereocenters. The van der Waals surface area contributed by atoms with E-state index in [9.17, 15) is 9.59 Å². The van der Waals surface area contributed by atoms with Gasteiger partial charge >= 0.3 is 0 Å². The molecule has 0 radical (unpaired) electrons. The van der Waals surface area contributed by atoms with Gasteiger partial charge in [-0.05, 0) is 25.7 Å². The second-order valence-electron chi connectivity index (χ2n) is 13.1. The first-order chi connectivity index (χ1) is 21.0. The Labute approximate surface area is 267 Å². The van der Waals surface area contributed by atoms with E-state index >= 15 is 0 Å². The van der Waals surface area contributed by atoms with E-state index in [4.69, 9.17) is 11.5 Å². The third kappa shape index (κ3) is 31.6. The molecule has 6 nitrogen and oxygen atoms in total. The van der Waals surface area contributed by atoms with E-state index in [1.54, 1.807) is 0 Å². The van der Waals surface area contributed by atoms with Crippen LogP contribution in [-0.2, 0) is 9.59 Å². The van der Waals surface area contributed by atoms with Gasteiger partial charge in [-0.15, -0.1) is 0 Å². The highest BCUT2D eigenvalue weighted by Crippen LogP contribution is 2.17. The molecule has 0 aromatic carbocycles. The molecular formula is C37H74N4O2. The first-order valence-corrected chi connectivity index (χ1v) is 18.9. The number of nitrogens with two attached hydrogens (primary N) is 2. The van der Waals surface area contributed by atoms with Crippen molar-refractivity contribution in [3.8, 4) is 0 Å². The second-order valence-corrected chi connectivity index (χ2v) is 13.1. The molecule has 0 fully saturated rings. The Morgan fingerprint density at radius 1 is 0.558 bits per heavy atom. The predicted molar refractivity (Wildman–Crippen MR) is 187 cm³/mol. The SMILES string of the molecule is CCCCCCCCCCCCCCCCCC(=O)C[C@@H](CCCN=C(N)N)C(=O)NCCCCCCCCCCCC. The highest BCUT2D eigenvalue weighted by molar-refractivity contribution is 5.86. The van der Waals surface area contributed by atoms with Crippen molar-refractivity contribution in [3.63, 3.8) is 0 Å². The number of aliphatic imine (C=N–C) groups is 1. The van der Waals surface area contributed by atoms with Crippen LogP contribution >= 0.6 is 0 Å². The van der Waals surface area contributed by atoms with Gasteiger partial charge in [-0.3, -0.25) is 14.6 Å². The van der Waals surface area contributed by atoms with E-state index in [0.717, 1.165) is 25.7 Å². The van der Waals surface area contributed by atoms with Crippen molar-refractivity contribution >= 4 is 17.6 Å². The number of carbonyl (C=O) groups is 2. The van der Waals surface area contributed by atoms with E-state index in [0.29, 0.717) is 38.8 Å². The molecule has 0 aliphatic rings. The molecule has 1 amide bonds. The van der Waals surface area contributed by atoms with Crippen LogP contribution in [0, 0.1) is 5.92 Å². The molecule has 0 aliphatic heterocycles. The van der Waals surface area contributed by atoms with Crippen LogP contribution in [0.25, 0.3) is 0 Å². The first-order valence-electron chi connectivity index (χ1n) is 18.9. The Morgan fingerprint density at radius 2 is 0.953 bits per heavy atom. The van der Waals surface area contributed by atoms with Gasteiger partial charge < -0.3 is 16.8 Å². The molecule has 0 aliphatic carbocycles. The van der Waals surface area contributed by atoms with Crippen molar-refractivity contribution in [1.29, 1.82) is 0 Å². The number of unbranched alkanes of at least 4 members (excludes halogenated alkanes) is 23. The van der Waals surface area contributed by atoms with Crippen LogP contribution in [0.5, 0.6) is 0 Å². The fourth-order valence-electron chi connectivity index (χ4n) is 5.91. The number of amides is 1. The summed E-state index contributed by atoms with van der Waals surface area (Å²) < 4.78 is 0. The molecule has 5 N–H and O–H groups in total. The van der Waals surface area contributed by atoms with Crippen LogP contribution in [0.2, 0.25) is 0 Å². The van der Waals surface area contributed by atoms with Gasteiger partial charge in [-0.2, -0.15) is 0 Å². The highest BCUT2D eigenvalue weighted by atomic mass is 16.2. The maximum atomic E-state index is 12.9. The van der Waals surface area contributed by atoms with E-state index < -0.39 is 0 Å². The number of hydrogen-bond acceptors (Lipinski definition) is 3. The van der Waals surface area contributed by atoms with Gasteiger partial charge in [0, 0.05) is 31.8 Å². The standard InChI is InChI=1S/C37H74N4O2/c1-3-5-7-9-11-13-15-16-17-18-19-20-22-24-26-30-35(42)33-34(29-28-32-41-37(38)39)36(43)40-31-27-25-23-21-14-12-10-8-6-4-2/h34H,3-33H2,1-2H3,(H,40,43)(H4,38,39,41)/t34-/m1/s1. The molecule has 0 rings (SSSR count). The number of carbonyl (C=O) groups excluding carboxylic acids is 2. The van der Waals surface area contributed by atoms with Crippen LogP contribution < -0.4 is 16.8 Å². The van der Waals surface area contributed by atoms with Crippen molar-refractivity contribution < 1.29 is 9.59 Å². The zero-order valence-electron chi connectivity index (χ0n) is 28.9. The lowest BCUT2D eigenvalue weighted by Gasteiger charge is -2.16. The molecule has 0 saturated heterocycles. The Hall–Kier alpha value is -1.59. The van der Waals surface area contributed by atoms with Crippen LogP contribution in [0.3, 0.4) is 0 Å². The molecule has 43 heavy (non-hydrogen) atoms. The third-order valence-corrected chi connectivity index (χ3v) is 8.74. The zero-order valence-corrected chi connectivity index (χ0v) is 28.9. The Balaban J connectivity index is 4.00. The first kappa shape index (κ1) is 41.4. The van der Waals surface area contributed by atoms with Gasteiger partial charge in [0.15, 0.2) is 5.96 Å². The molecule has 254 valence electrons. The minimum atomic E-state index is -0.277. The summed E-state index contributed by atoms with van der Waals surface area (Å²) in [6.07, 6.45) is 34.8. The van der Waals surface area contributed by atoms with Crippen molar-refractivity contribution in [2.75, 3.05) is 13.1 Å². The summed E-state index contributed by atoms with van der Waals surface area (Å²) in [5.74, 6) is 0.0356. The summed E-state index contributed by atoms with van der Waals surface area (Å²) in [7, 11) is 0. The largest absolute Gasteiger partial charge is 0.370 e. The summed E-state index contributed by atoms with van der Waals surface area (Å²) in [5, 5.41) is 3.11. The van der Waals surface area contributed by atoms with Crippen molar-refractivity contribution in [2.45, 2.75) is 200 Å². The average molecular weight is 607 g/mol. The van der Waals surface area contributed by atoms with Gasteiger partial charge in [0.2, 0.25) is 5.91 Å². The number of ketones is 1. The quantitative estimate of drug-likeness (QED) is 0.0384. The monoisotopic (exact) mass is 607 g/mol. The normalized spacial score (nSPS) is 11.9. The molecule has 6 heteroatoms. The summed E-state index contributed by atoms with van der Waals surface area (Å²) >= 11 is 0. The summed E-state index contributed by atoms with van der Waals surface area (Å²) in [6, 6.07) is 0. The number of rotatable bonds is 34. The summed E-state index contributed by atoms with van der Waals surface area (Å²) in [6.45, 7) is 5.73. The number of nitrogens with zero attached hydrogens (tertiary/aromatic N) is 1. The van der Waals surface area contributed by atoms with Gasteiger partial charge in [-0.25, -0.2) is 0 Å². The average Bonchev–Trinajstić information content (AvgIpc) is 2.99. The molecule has 0 unspecified atom stereocenters. The molecule has 0 bridgehead atoms. The number of hydrogen-bond donors (Lipinski definition) is 3. The van der Waals surface area contributed by atoms with Crippen molar-refractivity contribution in [1.82, 2.24) is 5.32 Å². The predicted octanol–water partition coefficient (Wildman–Crippen LogP) is 9.91. The molecule has 0 spiro atoms. The fraction of sp³-hybridized carbons (Fsp3) is 0.919. The topological polar surface area (TPSA) is 111 Å². The third-order valence-electron chi connectivity index (χ3n) is 8.74. The molecule has 0 aromatic rings. The van der Waals surface area contributed by atoms with Crippen LogP contribution in [0.15, 0.2) is 4.99 Å². The van der Waals surface area contributed by atoms with Crippen LogP contribution in [0.4, 0.5) is 0 Å². The van der Waals surface area contributed by atoms with Crippen LogP contribution in [0.1, 0.15) is 200 Å². The Bertz CT molecular complexity index is 649. The smallest absolute Gasteiger partial charge is 0.223 e. The highest BCUT2D eigenvalue weighted by Gasteiger charge is 2.21. The number of Topliss-reactive ketones (excluding diaryl/α,β-unsaturated/α-hetero) is 1. The summed E-state index contributed by atoms with van der Waals surface area (Å²) in [4.78, 5) is 29.7. The van der Waals surface area contributed by atoms with E-state index in [1.165, 1.54) is 135 Å². The van der Waals surface area contributed by atoms with Gasteiger partial charge in [0.1, 0.15) is 5.78 Å². The lowest BCUT2D eigenvalue weighted by Crippen LogP contribution is -2.33. The van der Waals surface area contributed by atoms with Crippen LogP contribution in [-0.4, -0.2) is 30.7 Å². The van der Waals surface area contributed by atoms with Gasteiger partial charge in [-0.1, -0.05) is 162 Å². The maximum Gasteiger partial charge on any atom is 0.223 e. The fourth-order valence-corrected chi connectivity index (χ4v) is 5.91. The minimum Gasteiger partial charge on any atom is -0.370 e. The Morgan fingerprint density at radius 3 is 1.37 bits per heavy atom. The minimum absolute atomic E-state index is 0.0190. The Kier molecular flexibility index (Phi) is 32.1. The van der Waals surface area contributed by atoms with Gasteiger partial charge in [0.05, 0.1) is 0 Å². The maximum absolute atomic E-state index is 12.9. The summed E-state index contributed by atoms with van der Waals surface area (Å²) in [5.41, 5.74) is 10.9. The van der Waals surface area contributed by atoms with Crippen molar-refractivity contribution in [3.05, 3.63) is 0 Å². The number of nitrogens with one attached hydrogen (secondary N) is 1.